The van der Waals surface area contributed by atoms with Crippen molar-refractivity contribution in [2.75, 3.05) is 18.5 Å². The van der Waals surface area contributed by atoms with Crippen molar-refractivity contribution in [3.05, 3.63) is 5.15 Å². The summed E-state index contributed by atoms with van der Waals surface area (Å²) < 4.78 is 7.93. The standard InChI is InChI=1S/C9H14ClN3OS/c10-7-8(13-15-12-7)11-5-9(6-14)3-1-2-4-9/h14H,1-6H2,(H,11,13). The number of halogens is 1. The maximum absolute atomic E-state index is 9.41. The molecule has 6 heteroatoms. The number of aromatic nitrogens is 2. The van der Waals surface area contributed by atoms with Crippen LogP contribution in [0.25, 0.3) is 0 Å². The lowest BCUT2D eigenvalue weighted by atomic mass is 9.87. The molecule has 0 saturated heterocycles. The highest BCUT2D eigenvalue weighted by Crippen LogP contribution is 2.37. The second kappa shape index (κ2) is 4.63. The van der Waals surface area contributed by atoms with Crippen LogP contribution in [0.3, 0.4) is 0 Å². The van der Waals surface area contributed by atoms with E-state index in [1.54, 1.807) is 0 Å². The molecule has 1 aliphatic carbocycles. The van der Waals surface area contributed by atoms with E-state index in [-0.39, 0.29) is 12.0 Å². The minimum atomic E-state index is 0.0208. The highest BCUT2D eigenvalue weighted by molar-refractivity contribution is 6.99. The van der Waals surface area contributed by atoms with Crippen molar-refractivity contribution >= 4 is 29.1 Å². The number of hydrogen-bond acceptors (Lipinski definition) is 5. The summed E-state index contributed by atoms with van der Waals surface area (Å²) in [6.45, 7) is 0.962. The molecule has 1 aromatic rings. The zero-order valence-electron chi connectivity index (χ0n) is 8.37. The highest BCUT2D eigenvalue weighted by atomic mass is 35.5. The van der Waals surface area contributed by atoms with Crippen LogP contribution in [0, 0.1) is 5.41 Å². The molecule has 2 rings (SSSR count). The van der Waals surface area contributed by atoms with Crippen LogP contribution < -0.4 is 5.32 Å². The molecule has 0 bridgehead atoms. The van der Waals surface area contributed by atoms with Gasteiger partial charge in [-0.1, -0.05) is 24.4 Å². The van der Waals surface area contributed by atoms with Crippen molar-refractivity contribution in [2.24, 2.45) is 5.41 Å². The predicted octanol–water partition coefficient (Wildman–Crippen LogP) is 2.16. The third kappa shape index (κ3) is 2.41. The number of aliphatic hydroxyl groups is 1. The van der Waals surface area contributed by atoms with Gasteiger partial charge in [-0.2, -0.15) is 8.75 Å². The van der Waals surface area contributed by atoms with Gasteiger partial charge in [0.25, 0.3) is 0 Å². The van der Waals surface area contributed by atoms with Crippen LogP contribution in [-0.4, -0.2) is 27.0 Å². The third-order valence-corrected chi connectivity index (χ3v) is 3.97. The zero-order valence-corrected chi connectivity index (χ0v) is 9.94. The molecule has 0 amide bonds. The van der Waals surface area contributed by atoms with E-state index in [1.165, 1.54) is 12.8 Å². The second-order valence-electron chi connectivity index (χ2n) is 4.12. The smallest absolute Gasteiger partial charge is 0.186 e. The van der Waals surface area contributed by atoms with Gasteiger partial charge < -0.3 is 10.4 Å². The molecular formula is C9H14ClN3OS. The quantitative estimate of drug-likeness (QED) is 0.856. The summed E-state index contributed by atoms with van der Waals surface area (Å²) in [6, 6.07) is 0. The van der Waals surface area contributed by atoms with Gasteiger partial charge in [-0.15, -0.1) is 0 Å². The first-order valence-corrected chi connectivity index (χ1v) is 6.19. The lowest BCUT2D eigenvalue weighted by molar-refractivity contribution is 0.142. The van der Waals surface area contributed by atoms with E-state index in [1.807, 2.05) is 0 Å². The molecular weight excluding hydrogens is 234 g/mol. The molecule has 1 saturated carbocycles. The second-order valence-corrected chi connectivity index (χ2v) is 5.01. The number of nitrogens with zero attached hydrogens (tertiary/aromatic N) is 2. The Labute approximate surface area is 98.0 Å². The molecule has 4 nitrogen and oxygen atoms in total. The first kappa shape index (κ1) is 11.1. The SMILES string of the molecule is OCC1(CNc2nsnc2Cl)CCCC1. The van der Waals surface area contributed by atoms with E-state index in [4.69, 9.17) is 11.6 Å². The Kier molecular flexibility index (Phi) is 3.43. The maximum atomic E-state index is 9.41. The molecule has 0 aliphatic heterocycles. The van der Waals surface area contributed by atoms with Crippen molar-refractivity contribution in [3.63, 3.8) is 0 Å². The normalized spacial score (nSPS) is 19.3. The van der Waals surface area contributed by atoms with Crippen molar-refractivity contribution < 1.29 is 5.11 Å². The van der Waals surface area contributed by atoms with E-state index in [0.717, 1.165) is 31.1 Å². The molecule has 0 atom stereocenters. The molecule has 0 aromatic carbocycles. The van der Waals surface area contributed by atoms with E-state index < -0.39 is 0 Å². The summed E-state index contributed by atoms with van der Waals surface area (Å²) in [6.07, 6.45) is 4.55. The van der Waals surface area contributed by atoms with Crippen molar-refractivity contribution in [1.82, 2.24) is 8.75 Å². The van der Waals surface area contributed by atoms with Crippen LogP contribution in [0.15, 0.2) is 0 Å². The molecule has 2 N–H and O–H groups in total. The number of rotatable bonds is 4. The van der Waals surface area contributed by atoms with E-state index >= 15 is 0 Å². The van der Waals surface area contributed by atoms with Crippen LogP contribution in [-0.2, 0) is 0 Å². The van der Waals surface area contributed by atoms with Crippen LogP contribution in [0.2, 0.25) is 5.15 Å². The summed E-state index contributed by atoms with van der Waals surface area (Å²) in [5.41, 5.74) is 0.0208. The fourth-order valence-electron chi connectivity index (χ4n) is 2.07. The molecule has 1 heterocycles. The van der Waals surface area contributed by atoms with Gasteiger partial charge in [-0.25, -0.2) is 0 Å². The summed E-state index contributed by atoms with van der Waals surface area (Å²) in [4.78, 5) is 0. The Bertz CT molecular complexity index is 325. The molecule has 1 aliphatic rings. The number of nitrogens with one attached hydrogen (secondary N) is 1. The van der Waals surface area contributed by atoms with Crippen molar-refractivity contribution in [1.29, 1.82) is 0 Å². The average Bonchev–Trinajstić information content (AvgIpc) is 2.85. The minimum Gasteiger partial charge on any atom is -0.396 e. The fourth-order valence-corrected chi connectivity index (χ4v) is 2.75. The Morgan fingerprint density at radius 2 is 2.13 bits per heavy atom. The Morgan fingerprint density at radius 3 is 2.67 bits per heavy atom. The number of hydrogen-bond donors (Lipinski definition) is 2. The van der Waals surface area contributed by atoms with E-state index in [9.17, 15) is 5.11 Å². The monoisotopic (exact) mass is 247 g/mol. The first-order chi connectivity index (χ1) is 7.26. The summed E-state index contributed by atoms with van der Waals surface area (Å²) in [5.74, 6) is 0.640. The van der Waals surface area contributed by atoms with Gasteiger partial charge in [0, 0.05) is 12.0 Å². The molecule has 84 valence electrons. The third-order valence-electron chi connectivity index (χ3n) is 3.08. The van der Waals surface area contributed by atoms with Crippen LogP contribution in [0.5, 0.6) is 0 Å². The lowest BCUT2D eigenvalue weighted by Gasteiger charge is -2.26. The van der Waals surface area contributed by atoms with Gasteiger partial charge in [-0.3, -0.25) is 0 Å². The van der Waals surface area contributed by atoms with E-state index in [0.29, 0.717) is 11.0 Å². The summed E-state index contributed by atoms with van der Waals surface area (Å²) >= 11 is 6.92. The molecule has 1 aromatic heterocycles. The van der Waals surface area contributed by atoms with Crippen LogP contribution >= 0.6 is 23.3 Å². The van der Waals surface area contributed by atoms with E-state index in [2.05, 4.69) is 14.1 Å². The van der Waals surface area contributed by atoms with Gasteiger partial charge >= 0.3 is 0 Å². The Morgan fingerprint density at radius 1 is 1.40 bits per heavy atom. The van der Waals surface area contributed by atoms with Gasteiger partial charge in [0.1, 0.15) is 0 Å². The summed E-state index contributed by atoms with van der Waals surface area (Å²) in [7, 11) is 0. The minimum absolute atomic E-state index is 0.0208. The topological polar surface area (TPSA) is 58.0 Å². The maximum Gasteiger partial charge on any atom is 0.186 e. The number of aliphatic hydroxyl groups excluding tert-OH is 1. The zero-order chi connectivity index (χ0) is 10.7. The lowest BCUT2D eigenvalue weighted by Crippen LogP contribution is -2.30. The summed E-state index contributed by atoms with van der Waals surface area (Å²) in [5, 5.41) is 13.0. The van der Waals surface area contributed by atoms with Gasteiger partial charge in [-0.05, 0) is 12.8 Å². The van der Waals surface area contributed by atoms with Crippen LogP contribution in [0.4, 0.5) is 5.82 Å². The molecule has 0 radical (unpaired) electrons. The molecule has 0 spiro atoms. The Hall–Kier alpha value is -0.390. The highest BCUT2D eigenvalue weighted by Gasteiger charge is 2.33. The average molecular weight is 248 g/mol. The van der Waals surface area contributed by atoms with Gasteiger partial charge in [0.05, 0.1) is 18.3 Å². The molecule has 15 heavy (non-hydrogen) atoms. The Balaban J connectivity index is 1.94. The van der Waals surface area contributed by atoms with Gasteiger partial charge in [0.2, 0.25) is 0 Å². The largest absolute Gasteiger partial charge is 0.396 e. The molecule has 1 fully saturated rings. The van der Waals surface area contributed by atoms with Crippen LogP contribution in [0.1, 0.15) is 25.7 Å². The predicted molar refractivity (Wildman–Crippen MR) is 61.4 cm³/mol. The van der Waals surface area contributed by atoms with Crippen molar-refractivity contribution in [3.8, 4) is 0 Å². The number of anilines is 1. The first-order valence-electron chi connectivity index (χ1n) is 5.09. The fraction of sp³-hybridized carbons (Fsp3) is 0.778. The van der Waals surface area contributed by atoms with Gasteiger partial charge in [0.15, 0.2) is 11.0 Å². The van der Waals surface area contributed by atoms with Crippen molar-refractivity contribution in [2.45, 2.75) is 25.7 Å². The molecule has 0 unspecified atom stereocenters.